The molecule has 2 N–H and O–H groups in total. The monoisotopic (exact) mass is 241 g/mol. The van der Waals surface area contributed by atoms with Gasteiger partial charge in [-0.25, -0.2) is 0 Å². The van der Waals surface area contributed by atoms with Crippen molar-refractivity contribution >= 4 is 5.69 Å². The minimum Gasteiger partial charge on any atom is -0.364 e. The summed E-state index contributed by atoms with van der Waals surface area (Å²) in [6.45, 7) is 0. The Labute approximate surface area is 108 Å². The van der Waals surface area contributed by atoms with Gasteiger partial charge in [-0.15, -0.1) is 0 Å². The zero-order chi connectivity index (χ0) is 12.5. The van der Waals surface area contributed by atoms with E-state index in [1.165, 1.54) is 19.3 Å². The molecular weight excluding hydrogens is 222 g/mol. The van der Waals surface area contributed by atoms with E-state index in [4.69, 9.17) is 5.73 Å². The fraction of sp³-hybridized carbons (Fsp3) is 0.533. The number of fused-ring (bicyclic) bond motifs is 2. The average Bonchev–Trinajstić information content (AvgIpc) is 2.37. The minimum absolute atomic E-state index is 0.339. The number of rotatable bonds is 1. The van der Waals surface area contributed by atoms with Crippen molar-refractivity contribution < 1.29 is 0 Å². The van der Waals surface area contributed by atoms with Gasteiger partial charge in [-0.05, 0) is 44.2 Å². The van der Waals surface area contributed by atoms with Gasteiger partial charge in [0.15, 0.2) is 0 Å². The Morgan fingerprint density at radius 1 is 1.17 bits per heavy atom. The summed E-state index contributed by atoms with van der Waals surface area (Å²) in [4.78, 5) is 2.48. The molecule has 18 heavy (non-hydrogen) atoms. The third kappa shape index (κ3) is 1.87. The van der Waals surface area contributed by atoms with Gasteiger partial charge < -0.3 is 10.6 Å². The van der Waals surface area contributed by atoms with E-state index in [9.17, 15) is 5.26 Å². The molecular formula is C15H19N3. The Kier molecular flexibility index (Phi) is 2.97. The fourth-order valence-corrected chi connectivity index (χ4v) is 3.61. The fourth-order valence-electron chi connectivity index (χ4n) is 3.61. The van der Waals surface area contributed by atoms with Gasteiger partial charge in [0.2, 0.25) is 0 Å². The molecule has 0 aliphatic carbocycles. The molecule has 3 rings (SSSR count). The highest BCUT2D eigenvalue weighted by molar-refractivity contribution is 5.61. The van der Waals surface area contributed by atoms with Crippen LogP contribution in [-0.2, 0) is 0 Å². The van der Waals surface area contributed by atoms with Crippen molar-refractivity contribution in [3.63, 3.8) is 0 Å². The van der Waals surface area contributed by atoms with Crippen molar-refractivity contribution in [1.29, 1.82) is 5.26 Å². The Bertz CT molecular complexity index is 463. The molecule has 1 aromatic rings. The lowest BCUT2D eigenvalue weighted by Crippen LogP contribution is -2.55. The molecule has 2 atom stereocenters. The van der Waals surface area contributed by atoms with Crippen LogP contribution < -0.4 is 10.6 Å². The smallest absolute Gasteiger partial charge is 0.101 e. The van der Waals surface area contributed by atoms with Crippen LogP contribution in [0.4, 0.5) is 5.69 Å². The number of anilines is 1. The predicted octanol–water partition coefficient (Wildman–Crippen LogP) is 2.41. The third-order valence-corrected chi connectivity index (χ3v) is 4.31. The summed E-state index contributed by atoms with van der Waals surface area (Å²) in [6, 6.07) is 11.7. The molecule has 2 bridgehead atoms. The molecule has 0 radical (unpaired) electrons. The summed E-state index contributed by atoms with van der Waals surface area (Å²) in [5.41, 5.74) is 8.05. The van der Waals surface area contributed by atoms with E-state index in [1.54, 1.807) is 0 Å². The molecule has 2 unspecified atom stereocenters. The lowest BCUT2D eigenvalue weighted by atomic mass is 9.81. The lowest BCUT2D eigenvalue weighted by Gasteiger charge is -2.49. The number of para-hydroxylation sites is 1. The number of hydrogen-bond donors (Lipinski definition) is 1. The predicted molar refractivity (Wildman–Crippen MR) is 72.3 cm³/mol. The first-order valence-corrected chi connectivity index (χ1v) is 6.82. The highest BCUT2D eigenvalue weighted by Gasteiger charge is 2.37. The second kappa shape index (κ2) is 4.62. The maximum Gasteiger partial charge on any atom is 0.101 e. The maximum atomic E-state index is 9.26. The summed E-state index contributed by atoms with van der Waals surface area (Å²) in [5.74, 6) is 0. The van der Waals surface area contributed by atoms with E-state index in [-0.39, 0.29) is 0 Å². The molecule has 2 aliphatic heterocycles. The van der Waals surface area contributed by atoms with Crippen LogP contribution in [0, 0.1) is 11.3 Å². The van der Waals surface area contributed by atoms with Gasteiger partial charge in [0.1, 0.15) is 6.07 Å². The van der Waals surface area contributed by atoms with Crippen molar-refractivity contribution in [3.8, 4) is 6.07 Å². The van der Waals surface area contributed by atoms with Gasteiger partial charge in [-0.3, -0.25) is 0 Å². The molecule has 2 aliphatic rings. The number of nitrogens with two attached hydrogens (primary N) is 1. The molecule has 2 heterocycles. The zero-order valence-electron chi connectivity index (χ0n) is 10.5. The molecule has 1 aromatic carbocycles. The van der Waals surface area contributed by atoms with Gasteiger partial charge in [0.25, 0.3) is 0 Å². The number of benzene rings is 1. The van der Waals surface area contributed by atoms with Crippen molar-refractivity contribution in [2.24, 2.45) is 5.73 Å². The van der Waals surface area contributed by atoms with Crippen LogP contribution in [0.15, 0.2) is 24.3 Å². The Hall–Kier alpha value is -1.53. The summed E-state index contributed by atoms with van der Waals surface area (Å²) in [5, 5.41) is 9.26. The largest absolute Gasteiger partial charge is 0.364 e. The van der Waals surface area contributed by atoms with Crippen molar-refractivity contribution in [2.75, 3.05) is 4.90 Å². The quantitative estimate of drug-likeness (QED) is 0.821. The first-order chi connectivity index (χ1) is 8.79. The normalized spacial score (nSPS) is 30.9. The minimum atomic E-state index is 0.339. The molecule has 3 nitrogen and oxygen atoms in total. The highest BCUT2D eigenvalue weighted by atomic mass is 15.2. The topological polar surface area (TPSA) is 53.0 Å². The summed E-state index contributed by atoms with van der Waals surface area (Å²) in [6.07, 6.45) is 5.85. The first kappa shape index (κ1) is 11.6. The molecule has 94 valence electrons. The zero-order valence-corrected chi connectivity index (χ0v) is 10.5. The molecule has 0 amide bonds. The Morgan fingerprint density at radius 3 is 2.50 bits per heavy atom. The maximum absolute atomic E-state index is 9.26. The van der Waals surface area contributed by atoms with Gasteiger partial charge in [-0.2, -0.15) is 5.26 Å². The van der Waals surface area contributed by atoms with E-state index in [0.29, 0.717) is 18.1 Å². The van der Waals surface area contributed by atoms with E-state index in [0.717, 1.165) is 24.1 Å². The van der Waals surface area contributed by atoms with Gasteiger partial charge >= 0.3 is 0 Å². The molecule has 0 spiro atoms. The highest BCUT2D eigenvalue weighted by Crippen LogP contribution is 2.38. The van der Waals surface area contributed by atoms with E-state index in [2.05, 4.69) is 17.0 Å². The standard InChI is InChI=1S/C15H19N3/c16-10-11-4-1-2-7-15(11)18-13-5-3-6-14(18)9-12(17)8-13/h1-2,4,7,12-14H,3,5-6,8-9,17H2. The van der Waals surface area contributed by atoms with Crippen LogP contribution in [0.25, 0.3) is 0 Å². The molecule has 3 heteroatoms. The first-order valence-electron chi connectivity index (χ1n) is 6.82. The second-order valence-corrected chi connectivity index (χ2v) is 5.51. The third-order valence-electron chi connectivity index (χ3n) is 4.31. The van der Waals surface area contributed by atoms with Crippen molar-refractivity contribution in [2.45, 2.75) is 50.2 Å². The lowest BCUT2D eigenvalue weighted by molar-refractivity contribution is 0.271. The van der Waals surface area contributed by atoms with Gasteiger partial charge in [0.05, 0.1) is 11.3 Å². The molecule has 2 fully saturated rings. The number of nitrogens with zero attached hydrogens (tertiary/aromatic N) is 2. The van der Waals surface area contributed by atoms with E-state index >= 15 is 0 Å². The molecule has 0 aromatic heterocycles. The van der Waals surface area contributed by atoms with Crippen LogP contribution in [0.5, 0.6) is 0 Å². The number of nitriles is 1. The van der Waals surface area contributed by atoms with Crippen LogP contribution in [0.3, 0.4) is 0 Å². The summed E-state index contributed by atoms with van der Waals surface area (Å²) < 4.78 is 0. The summed E-state index contributed by atoms with van der Waals surface area (Å²) >= 11 is 0. The number of hydrogen-bond acceptors (Lipinski definition) is 3. The van der Waals surface area contributed by atoms with Crippen molar-refractivity contribution in [1.82, 2.24) is 0 Å². The molecule has 0 saturated carbocycles. The van der Waals surface area contributed by atoms with Crippen molar-refractivity contribution in [3.05, 3.63) is 29.8 Å². The second-order valence-electron chi connectivity index (χ2n) is 5.51. The van der Waals surface area contributed by atoms with E-state index in [1.807, 2.05) is 18.2 Å². The van der Waals surface area contributed by atoms with Crippen LogP contribution in [0.2, 0.25) is 0 Å². The van der Waals surface area contributed by atoms with Crippen LogP contribution >= 0.6 is 0 Å². The average molecular weight is 241 g/mol. The van der Waals surface area contributed by atoms with Crippen LogP contribution in [0.1, 0.15) is 37.7 Å². The summed E-state index contributed by atoms with van der Waals surface area (Å²) in [7, 11) is 0. The number of piperidine rings is 2. The SMILES string of the molecule is N#Cc1ccccc1N1C2CCCC1CC(N)C2. The van der Waals surface area contributed by atoms with Gasteiger partial charge in [0, 0.05) is 18.1 Å². The molecule has 2 saturated heterocycles. The van der Waals surface area contributed by atoms with E-state index < -0.39 is 0 Å². The van der Waals surface area contributed by atoms with Crippen LogP contribution in [-0.4, -0.2) is 18.1 Å². The van der Waals surface area contributed by atoms with Gasteiger partial charge in [-0.1, -0.05) is 12.1 Å². The Balaban J connectivity index is 1.98. The Morgan fingerprint density at radius 2 is 1.83 bits per heavy atom.